The number of fused-ring (bicyclic) bond motifs is 1. The Balaban J connectivity index is 1.80. The topological polar surface area (TPSA) is 63.2 Å². The van der Waals surface area contributed by atoms with Crippen molar-refractivity contribution in [3.8, 4) is 5.75 Å². The lowest BCUT2D eigenvalue weighted by molar-refractivity contribution is 0.0949. The van der Waals surface area contributed by atoms with Gasteiger partial charge in [0.05, 0.1) is 23.9 Å². The van der Waals surface area contributed by atoms with Crippen LogP contribution in [0.4, 0.5) is 0 Å². The molecule has 1 fully saturated rings. The van der Waals surface area contributed by atoms with Crippen LogP contribution in [0.15, 0.2) is 24.3 Å². The molecule has 5 heteroatoms. The molecule has 22 heavy (non-hydrogen) atoms. The maximum absolute atomic E-state index is 12.4. The number of carbonyl (C=O) groups excluding carboxylic acids is 1. The second-order valence-corrected chi connectivity index (χ2v) is 5.68. The fourth-order valence-corrected chi connectivity index (χ4v) is 2.84. The monoisotopic (exact) mass is 299 g/mol. The molecule has 0 spiro atoms. The highest BCUT2D eigenvalue weighted by Gasteiger charge is 2.17. The van der Waals surface area contributed by atoms with Gasteiger partial charge in [0.1, 0.15) is 5.75 Å². The number of hydrogen-bond acceptors (Lipinski definition) is 4. The Labute approximate surface area is 130 Å². The first kappa shape index (κ1) is 14.8. The predicted molar refractivity (Wildman–Crippen MR) is 86.4 cm³/mol. The molecule has 3 rings (SSSR count). The van der Waals surface area contributed by atoms with Crippen LogP contribution in [0, 0.1) is 6.92 Å². The maximum atomic E-state index is 12.4. The molecule has 2 aromatic rings. The number of aromatic nitrogens is 1. The van der Waals surface area contributed by atoms with Crippen molar-refractivity contribution in [3.05, 3.63) is 35.5 Å². The molecule has 1 aliphatic rings. The molecule has 116 valence electrons. The van der Waals surface area contributed by atoms with Gasteiger partial charge in [-0.1, -0.05) is 0 Å². The predicted octanol–water partition coefficient (Wildman–Crippen LogP) is 2.03. The van der Waals surface area contributed by atoms with E-state index in [1.165, 1.54) is 6.42 Å². The summed E-state index contributed by atoms with van der Waals surface area (Å²) in [4.78, 5) is 16.9. The standard InChI is InChI=1S/C17H21N3O2/c1-11-15(17(21)19-10-13-4-3-7-18-13)8-12-5-6-14(22-2)9-16(12)20-11/h5-6,8-9,13,18H,3-4,7,10H2,1-2H3,(H,19,21)/t13-/m1/s1. The molecular formula is C17H21N3O2. The van der Waals surface area contributed by atoms with Crippen LogP contribution in [0.2, 0.25) is 0 Å². The first-order valence-electron chi connectivity index (χ1n) is 7.64. The highest BCUT2D eigenvalue weighted by Crippen LogP contribution is 2.21. The molecule has 1 aromatic carbocycles. The van der Waals surface area contributed by atoms with E-state index in [1.54, 1.807) is 7.11 Å². The van der Waals surface area contributed by atoms with Gasteiger partial charge in [0.15, 0.2) is 0 Å². The van der Waals surface area contributed by atoms with Crippen molar-refractivity contribution in [2.24, 2.45) is 0 Å². The number of hydrogen-bond donors (Lipinski definition) is 2. The number of ether oxygens (including phenoxy) is 1. The summed E-state index contributed by atoms with van der Waals surface area (Å²) in [6, 6.07) is 7.97. The van der Waals surface area contributed by atoms with E-state index in [4.69, 9.17) is 4.74 Å². The van der Waals surface area contributed by atoms with Crippen LogP contribution in [0.25, 0.3) is 10.9 Å². The Hall–Kier alpha value is -2.14. The summed E-state index contributed by atoms with van der Waals surface area (Å²) in [5.74, 6) is 0.709. The Morgan fingerprint density at radius 3 is 3.05 bits per heavy atom. The molecule has 1 aromatic heterocycles. The van der Waals surface area contributed by atoms with Crippen molar-refractivity contribution in [2.75, 3.05) is 20.2 Å². The van der Waals surface area contributed by atoms with Gasteiger partial charge in [-0.05, 0) is 44.5 Å². The minimum atomic E-state index is -0.0589. The van der Waals surface area contributed by atoms with Crippen molar-refractivity contribution in [2.45, 2.75) is 25.8 Å². The smallest absolute Gasteiger partial charge is 0.253 e. The third kappa shape index (κ3) is 3.04. The number of carbonyl (C=O) groups is 1. The zero-order chi connectivity index (χ0) is 15.5. The number of rotatable bonds is 4. The lowest BCUT2D eigenvalue weighted by Crippen LogP contribution is -2.37. The van der Waals surface area contributed by atoms with Gasteiger partial charge < -0.3 is 15.4 Å². The average molecular weight is 299 g/mol. The molecule has 1 saturated heterocycles. The van der Waals surface area contributed by atoms with Gasteiger partial charge >= 0.3 is 0 Å². The Kier molecular flexibility index (Phi) is 4.24. The molecule has 1 amide bonds. The molecule has 5 nitrogen and oxygen atoms in total. The van der Waals surface area contributed by atoms with E-state index in [2.05, 4.69) is 15.6 Å². The van der Waals surface area contributed by atoms with E-state index in [0.717, 1.165) is 35.3 Å². The number of nitrogens with one attached hydrogen (secondary N) is 2. The lowest BCUT2D eigenvalue weighted by atomic mass is 10.1. The van der Waals surface area contributed by atoms with Gasteiger partial charge in [-0.2, -0.15) is 0 Å². The van der Waals surface area contributed by atoms with E-state index in [0.29, 0.717) is 18.2 Å². The zero-order valence-electron chi connectivity index (χ0n) is 13.0. The fourth-order valence-electron chi connectivity index (χ4n) is 2.84. The average Bonchev–Trinajstić information content (AvgIpc) is 3.04. The first-order valence-corrected chi connectivity index (χ1v) is 7.64. The first-order chi connectivity index (χ1) is 10.7. The summed E-state index contributed by atoms with van der Waals surface area (Å²) < 4.78 is 5.21. The van der Waals surface area contributed by atoms with E-state index in [1.807, 2.05) is 31.2 Å². The van der Waals surface area contributed by atoms with Crippen LogP contribution < -0.4 is 15.4 Å². The maximum Gasteiger partial charge on any atom is 0.253 e. The molecule has 0 saturated carbocycles. The number of methoxy groups -OCH3 is 1. The van der Waals surface area contributed by atoms with Crippen LogP contribution in [-0.4, -0.2) is 37.1 Å². The van der Waals surface area contributed by atoms with Gasteiger partial charge in [-0.15, -0.1) is 0 Å². The van der Waals surface area contributed by atoms with E-state index >= 15 is 0 Å². The number of aryl methyl sites for hydroxylation is 1. The van der Waals surface area contributed by atoms with Crippen LogP contribution in [0.1, 0.15) is 28.9 Å². The van der Waals surface area contributed by atoms with Gasteiger partial charge in [0.25, 0.3) is 5.91 Å². The minimum absolute atomic E-state index is 0.0589. The Morgan fingerprint density at radius 2 is 2.32 bits per heavy atom. The Bertz CT molecular complexity index is 694. The molecular weight excluding hydrogens is 278 g/mol. The quantitative estimate of drug-likeness (QED) is 0.907. The van der Waals surface area contributed by atoms with Crippen LogP contribution in [0.3, 0.4) is 0 Å². The van der Waals surface area contributed by atoms with E-state index in [-0.39, 0.29) is 5.91 Å². The molecule has 0 aliphatic carbocycles. The summed E-state index contributed by atoms with van der Waals surface area (Å²) in [6.45, 7) is 3.57. The summed E-state index contributed by atoms with van der Waals surface area (Å²) in [5, 5.41) is 7.32. The molecule has 1 aliphatic heterocycles. The third-order valence-corrected chi connectivity index (χ3v) is 4.13. The highest BCUT2D eigenvalue weighted by atomic mass is 16.5. The van der Waals surface area contributed by atoms with Crippen LogP contribution in [-0.2, 0) is 0 Å². The molecule has 0 unspecified atom stereocenters. The SMILES string of the molecule is COc1ccc2cc(C(=O)NC[C@H]3CCCN3)c(C)nc2c1. The highest BCUT2D eigenvalue weighted by molar-refractivity contribution is 5.98. The summed E-state index contributed by atoms with van der Waals surface area (Å²) in [7, 11) is 1.63. The third-order valence-electron chi connectivity index (χ3n) is 4.13. The summed E-state index contributed by atoms with van der Waals surface area (Å²) in [5.41, 5.74) is 2.21. The Morgan fingerprint density at radius 1 is 1.45 bits per heavy atom. The number of pyridine rings is 1. The fraction of sp³-hybridized carbons (Fsp3) is 0.412. The van der Waals surface area contributed by atoms with Crippen molar-refractivity contribution >= 4 is 16.8 Å². The largest absolute Gasteiger partial charge is 0.497 e. The molecule has 2 heterocycles. The molecule has 1 atom stereocenters. The summed E-state index contributed by atoms with van der Waals surface area (Å²) >= 11 is 0. The zero-order valence-corrected chi connectivity index (χ0v) is 13.0. The number of amides is 1. The molecule has 0 bridgehead atoms. The van der Waals surface area contributed by atoms with Gasteiger partial charge in [-0.3, -0.25) is 9.78 Å². The van der Waals surface area contributed by atoms with Crippen molar-refractivity contribution in [3.63, 3.8) is 0 Å². The van der Waals surface area contributed by atoms with Crippen molar-refractivity contribution in [1.82, 2.24) is 15.6 Å². The molecule has 0 radical (unpaired) electrons. The number of nitrogens with zero attached hydrogens (tertiary/aromatic N) is 1. The van der Waals surface area contributed by atoms with Gasteiger partial charge in [0.2, 0.25) is 0 Å². The number of benzene rings is 1. The minimum Gasteiger partial charge on any atom is -0.497 e. The lowest BCUT2D eigenvalue weighted by Gasteiger charge is -2.13. The van der Waals surface area contributed by atoms with Crippen molar-refractivity contribution in [1.29, 1.82) is 0 Å². The normalized spacial score (nSPS) is 17.6. The second-order valence-electron chi connectivity index (χ2n) is 5.68. The van der Waals surface area contributed by atoms with Gasteiger partial charge in [-0.25, -0.2) is 0 Å². The molecule has 2 N–H and O–H groups in total. The van der Waals surface area contributed by atoms with Crippen LogP contribution in [0.5, 0.6) is 5.75 Å². The van der Waals surface area contributed by atoms with Crippen LogP contribution >= 0.6 is 0 Å². The van der Waals surface area contributed by atoms with E-state index in [9.17, 15) is 4.79 Å². The second kappa shape index (κ2) is 6.32. The summed E-state index contributed by atoms with van der Waals surface area (Å²) in [6.07, 6.45) is 2.30. The van der Waals surface area contributed by atoms with Gasteiger partial charge in [0, 0.05) is 24.0 Å². The van der Waals surface area contributed by atoms with E-state index < -0.39 is 0 Å². The van der Waals surface area contributed by atoms with Crippen molar-refractivity contribution < 1.29 is 9.53 Å².